The second-order valence-corrected chi connectivity index (χ2v) is 5.21. The number of amides is 1. The maximum absolute atomic E-state index is 12.6. The molecule has 1 aromatic carbocycles. The Balaban J connectivity index is 2.28. The lowest BCUT2D eigenvalue weighted by Gasteiger charge is -2.26. The van der Waals surface area contributed by atoms with Crippen molar-refractivity contribution < 1.29 is 18.0 Å². The second kappa shape index (κ2) is 6.47. The number of benzene rings is 1. The molecule has 0 aliphatic carbocycles. The van der Waals surface area contributed by atoms with Gasteiger partial charge in [-0.15, -0.1) is 0 Å². The molecule has 1 aliphatic heterocycles. The van der Waals surface area contributed by atoms with Crippen LogP contribution in [0.5, 0.6) is 0 Å². The standard InChI is InChI=1S/C15H19F3N2O/c1-2-8-20(10-15(16,17)18)14(21)13-5-3-4-11-9-19-7-6-12(11)13/h3-5,19H,2,6-10H2,1H3. The van der Waals surface area contributed by atoms with Crippen molar-refractivity contribution in [3.8, 4) is 0 Å². The maximum Gasteiger partial charge on any atom is 0.406 e. The Bertz CT molecular complexity index is 514. The smallest absolute Gasteiger partial charge is 0.330 e. The van der Waals surface area contributed by atoms with Crippen molar-refractivity contribution in [3.63, 3.8) is 0 Å². The number of carbonyl (C=O) groups excluding carboxylic acids is 1. The number of hydrogen-bond donors (Lipinski definition) is 1. The van der Waals surface area contributed by atoms with E-state index in [0.717, 1.165) is 22.6 Å². The fourth-order valence-corrected chi connectivity index (χ4v) is 2.64. The minimum absolute atomic E-state index is 0.111. The van der Waals surface area contributed by atoms with Gasteiger partial charge in [-0.25, -0.2) is 0 Å². The van der Waals surface area contributed by atoms with Gasteiger partial charge in [0, 0.05) is 18.7 Å². The third-order valence-electron chi connectivity index (χ3n) is 3.52. The van der Waals surface area contributed by atoms with E-state index in [2.05, 4.69) is 5.32 Å². The lowest BCUT2D eigenvalue weighted by atomic mass is 9.94. The molecule has 0 spiro atoms. The van der Waals surface area contributed by atoms with E-state index in [-0.39, 0.29) is 6.54 Å². The number of hydrogen-bond acceptors (Lipinski definition) is 2. The van der Waals surface area contributed by atoms with Gasteiger partial charge in [0.05, 0.1) is 0 Å². The van der Waals surface area contributed by atoms with E-state index in [1.165, 1.54) is 0 Å². The van der Waals surface area contributed by atoms with Crippen molar-refractivity contribution in [2.75, 3.05) is 19.6 Å². The number of nitrogens with one attached hydrogen (secondary N) is 1. The monoisotopic (exact) mass is 300 g/mol. The average Bonchev–Trinajstić information content (AvgIpc) is 2.44. The molecular weight excluding hydrogens is 281 g/mol. The van der Waals surface area contributed by atoms with Crippen molar-refractivity contribution in [3.05, 3.63) is 34.9 Å². The summed E-state index contributed by atoms with van der Waals surface area (Å²) < 4.78 is 37.9. The summed E-state index contributed by atoms with van der Waals surface area (Å²) in [5.41, 5.74) is 2.28. The predicted octanol–water partition coefficient (Wildman–Crippen LogP) is 2.75. The van der Waals surface area contributed by atoms with Gasteiger partial charge in [-0.3, -0.25) is 4.79 Å². The molecular formula is C15H19F3N2O. The molecule has 0 radical (unpaired) electrons. The van der Waals surface area contributed by atoms with Crippen molar-refractivity contribution in [2.24, 2.45) is 0 Å². The Hall–Kier alpha value is -1.56. The van der Waals surface area contributed by atoms with Crippen LogP contribution in [0.1, 0.15) is 34.8 Å². The maximum atomic E-state index is 12.6. The highest BCUT2D eigenvalue weighted by Crippen LogP contribution is 2.23. The van der Waals surface area contributed by atoms with Crippen LogP contribution in [0.15, 0.2) is 18.2 Å². The van der Waals surface area contributed by atoms with Crippen molar-refractivity contribution in [2.45, 2.75) is 32.5 Å². The summed E-state index contributed by atoms with van der Waals surface area (Å²) in [6.45, 7) is 2.08. The van der Waals surface area contributed by atoms with Crippen molar-refractivity contribution in [1.29, 1.82) is 0 Å². The highest BCUT2D eigenvalue weighted by atomic mass is 19.4. The first kappa shape index (κ1) is 15.8. The number of carbonyl (C=O) groups is 1. The first-order chi connectivity index (χ1) is 9.92. The normalized spacial score (nSPS) is 14.7. The molecule has 0 fully saturated rings. The van der Waals surface area contributed by atoms with Gasteiger partial charge in [-0.2, -0.15) is 13.2 Å². The van der Waals surface area contributed by atoms with Gasteiger partial charge in [-0.1, -0.05) is 19.1 Å². The largest absolute Gasteiger partial charge is 0.406 e. The lowest BCUT2D eigenvalue weighted by molar-refractivity contribution is -0.140. The van der Waals surface area contributed by atoms with Crippen molar-refractivity contribution in [1.82, 2.24) is 10.2 Å². The van der Waals surface area contributed by atoms with Crippen LogP contribution >= 0.6 is 0 Å². The highest BCUT2D eigenvalue weighted by molar-refractivity contribution is 5.96. The van der Waals surface area contributed by atoms with Gasteiger partial charge in [0.2, 0.25) is 0 Å². The Morgan fingerprint density at radius 2 is 2.14 bits per heavy atom. The first-order valence-electron chi connectivity index (χ1n) is 7.10. The minimum Gasteiger partial charge on any atom is -0.330 e. The van der Waals surface area contributed by atoms with Gasteiger partial charge < -0.3 is 10.2 Å². The number of halogens is 3. The molecule has 2 rings (SSSR count). The number of fused-ring (bicyclic) bond motifs is 1. The first-order valence-corrected chi connectivity index (χ1v) is 7.10. The van der Waals surface area contributed by atoms with E-state index in [0.29, 0.717) is 24.9 Å². The Morgan fingerprint density at radius 3 is 2.81 bits per heavy atom. The summed E-state index contributed by atoms with van der Waals surface area (Å²) in [6, 6.07) is 5.27. The van der Waals surface area contributed by atoms with Crippen LogP contribution in [0.4, 0.5) is 13.2 Å². The highest BCUT2D eigenvalue weighted by Gasteiger charge is 2.33. The van der Waals surface area contributed by atoms with Crippen LogP contribution in [0.25, 0.3) is 0 Å². The molecule has 0 unspecified atom stereocenters. The summed E-state index contributed by atoms with van der Waals surface area (Å²) in [4.78, 5) is 13.4. The molecule has 116 valence electrons. The summed E-state index contributed by atoms with van der Waals surface area (Å²) >= 11 is 0. The molecule has 21 heavy (non-hydrogen) atoms. The zero-order chi connectivity index (χ0) is 15.5. The second-order valence-electron chi connectivity index (χ2n) is 5.21. The minimum atomic E-state index is -4.37. The summed E-state index contributed by atoms with van der Waals surface area (Å²) in [5.74, 6) is -0.520. The van der Waals surface area contributed by atoms with Crippen molar-refractivity contribution >= 4 is 5.91 Å². The van der Waals surface area contributed by atoms with Gasteiger partial charge in [0.1, 0.15) is 6.54 Å². The van der Waals surface area contributed by atoms with Gasteiger partial charge in [0.15, 0.2) is 0 Å². The van der Waals surface area contributed by atoms with Crippen LogP contribution in [-0.2, 0) is 13.0 Å². The SMILES string of the molecule is CCCN(CC(F)(F)F)C(=O)c1cccc2c1CCNC2. The number of rotatable bonds is 4. The molecule has 0 atom stereocenters. The molecule has 0 bridgehead atoms. The molecule has 0 saturated heterocycles. The molecule has 6 heteroatoms. The van der Waals surface area contributed by atoms with Gasteiger partial charge in [-0.05, 0) is 36.6 Å². The Labute approximate surface area is 122 Å². The molecule has 0 aromatic heterocycles. The van der Waals surface area contributed by atoms with E-state index in [1.807, 2.05) is 6.07 Å². The molecule has 1 aromatic rings. The zero-order valence-corrected chi connectivity index (χ0v) is 12.0. The van der Waals surface area contributed by atoms with Crippen LogP contribution < -0.4 is 5.32 Å². The molecule has 1 N–H and O–H groups in total. The summed E-state index contributed by atoms with van der Waals surface area (Å²) in [5, 5.41) is 3.19. The number of alkyl halides is 3. The Kier molecular flexibility index (Phi) is 4.88. The van der Waals surface area contributed by atoms with Crippen LogP contribution in [-0.4, -0.2) is 36.6 Å². The summed E-state index contributed by atoms with van der Waals surface area (Å²) in [7, 11) is 0. The number of nitrogens with zero attached hydrogens (tertiary/aromatic N) is 1. The molecule has 1 heterocycles. The Morgan fingerprint density at radius 1 is 1.38 bits per heavy atom. The van der Waals surface area contributed by atoms with E-state index in [4.69, 9.17) is 0 Å². The predicted molar refractivity (Wildman–Crippen MR) is 74.1 cm³/mol. The van der Waals surface area contributed by atoms with E-state index >= 15 is 0 Å². The van der Waals surface area contributed by atoms with E-state index in [9.17, 15) is 18.0 Å². The van der Waals surface area contributed by atoms with Gasteiger partial charge in [0.25, 0.3) is 5.91 Å². The van der Waals surface area contributed by atoms with Crippen LogP contribution in [0.3, 0.4) is 0 Å². The quantitative estimate of drug-likeness (QED) is 0.927. The van der Waals surface area contributed by atoms with Crippen LogP contribution in [0.2, 0.25) is 0 Å². The topological polar surface area (TPSA) is 32.3 Å². The average molecular weight is 300 g/mol. The van der Waals surface area contributed by atoms with Gasteiger partial charge >= 0.3 is 6.18 Å². The third-order valence-corrected chi connectivity index (χ3v) is 3.52. The fourth-order valence-electron chi connectivity index (χ4n) is 2.64. The summed E-state index contributed by atoms with van der Waals surface area (Å²) in [6.07, 6.45) is -3.21. The third kappa shape index (κ3) is 3.97. The molecule has 1 amide bonds. The molecule has 3 nitrogen and oxygen atoms in total. The zero-order valence-electron chi connectivity index (χ0n) is 12.0. The molecule has 1 aliphatic rings. The van der Waals surface area contributed by atoms with E-state index < -0.39 is 18.6 Å². The lowest BCUT2D eigenvalue weighted by Crippen LogP contribution is -2.40. The van der Waals surface area contributed by atoms with E-state index in [1.54, 1.807) is 19.1 Å². The molecule has 0 saturated carbocycles. The van der Waals surface area contributed by atoms with Crippen LogP contribution in [0, 0.1) is 0 Å². The fraction of sp³-hybridized carbons (Fsp3) is 0.533.